The number of para-hydroxylation sites is 1. The van der Waals surface area contributed by atoms with E-state index < -0.39 is 0 Å². The molecule has 0 aliphatic rings. The molecule has 0 saturated heterocycles. The van der Waals surface area contributed by atoms with Crippen molar-refractivity contribution in [3.63, 3.8) is 0 Å². The van der Waals surface area contributed by atoms with Gasteiger partial charge in [0.05, 0.1) is 5.75 Å². The van der Waals surface area contributed by atoms with E-state index in [4.69, 9.17) is 0 Å². The highest BCUT2D eigenvalue weighted by atomic mass is 32.2. The average Bonchev–Trinajstić information content (AvgIpc) is 3.50. The van der Waals surface area contributed by atoms with Crippen molar-refractivity contribution in [3.05, 3.63) is 95.7 Å². The maximum Gasteiger partial charge on any atom is 0.269 e. The lowest BCUT2D eigenvalue weighted by Gasteiger charge is -2.11. The summed E-state index contributed by atoms with van der Waals surface area (Å²) in [6.07, 6.45) is 1.92. The van der Waals surface area contributed by atoms with Crippen molar-refractivity contribution in [2.75, 3.05) is 5.75 Å². The van der Waals surface area contributed by atoms with Gasteiger partial charge in [0.1, 0.15) is 0 Å². The summed E-state index contributed by atoms with van der Waals surface area (Å²) < 4.78 is 1.95. The zero-order chi connectivity index (χ0) is 25.1. The van der Waals surface area contributed by atoms with Crippen molar-refractivity contribution in [3.8, 4) is 17.1 Å². The summed E-state index contributed by atoms with van der Waals surface area (Å²) in [4.78, 5) is 28.1. The van der Waals surface area contributed by atoms with Crippen LogP contribution < -0.4 is 10.9 Å². The molecule has 2 amide bonds. The topological polar surface area (TPSA) is 105 Å². The van der Waals surface area contributed by atoms with Crippen LogP contribution in [-0.4, -0.2) is 37.3 Å². The molecule has 0 aliphatic heterocycles. The van der Waals surface area contributed by atoms with Crippen LogP contribution in [0.25, 0.3) is 28.0 Å². The molecule has 8 nitrogen and oxygen atoms in total. The average molecular weight is 497 g/mol. The maximum atomic E-state index is 12.5. The number of nitrogens with zero attached hydrogens (tertiary/aromatic N) is 3. The van der Waals surface area contributed by atoms with Gasteiger partial charge < -0.3 is 4.98 Å². The minimum absolute atomic E-state index is 0.0476. The highest BCUT2D eigenvalue weighted by Crippen LogP contribution is 2.32. The normalized spacial score (nSPS) is 10.9. The van der Waals surface area contributed by atoms with Crippen molar-refractivity contribution in [2.45, 2.75) is 19.0 Å². The van der Waals surface area contributed by atoms with E-state index >= 15 is 0 Å². The summed E-state index contributed by atoms with van der Waals surface area (Å²) >= 11 is 1.24. The second-order valence-corrected chi connectivity index (χ2v) is 9.33. The highest BCUT2D eigenvalue weighted by molar-refractivity contribution is 7.99. The number of nitrogens with one attached hydrogen (secondary N) is 3. The zero-order valence-corrected chi connectivity index (χ0v) is 20.6. The van der Waals surface area contributed by atoms with Gasteiger partial charge >= 0.3 is 0 Å². The molecule has 3 N–H and O–H groups in total. The Bertz CT molecular complexity index is 1550. The largest absolute Gasteiger partial charge is 0.360 e. The monoisotopic (exact) mass is 496 g/mol. The number of aromatic amines is 1. The molecule has 0 aliphatic carbocycles. The molecule has 0 radical (unpaired) electrons. The third-order valence-corrected chi connectivity index (χ3v) is 6.61. The van der Waals surface area contributed by atoms with Crippen LogP contribution in [0.2, 0.25) is 0 Å². The molecule has 3 aromatic carbocycles. The molecule has 0 atom stereocenters. The molecule has 5 aromatic rings. The van der Waals surface area contributed by atoms with Gasteiger partial charge in [-0.05, 0) is 49.7 Å². The zero-order valence-electron chi connectivity index (χ0n) is 19.8. The van der Waals surface area contributed by atoms with Gasteiger partial charge in [-0.3, -0.25) is 25.0 Å². The third-order valence-electron chi connectivity index (χ3n) is 5.68. The van der Waals surface area contributed by atoms with E-state index in [1.54, 1.807) is 12.1 Å². The van der Waals surface area contributed by atoms with Gasteiger partial charge in [-0.15, -0.1) is 10.2 Å². The van der Waals surface area contributed by atoms with Crippen molar-refractivity contribution >= 4 is 34.5 Å². The number of aryl methyl sites for hydroxylation is 2. The van der Waals surface area contributed by atoms with Crippen LogP contribution in [0.3, 0.4) is 0 Å². The van der Waals surface area contributed by atoms with E-state index in [2.05, 4.69) is 26.0 Å². The minimum atomic E-state index is -0.377. The van der Waals surface area contributed by atoms with Crippen molar-refractivity contribution in [2.24, 2.45) is 0 Å². The van der Waals surface area contributed by atoms with Crippen LogP contribution in [0.1, 0.15) is 21.5 Å². The Balaban J connectivity index is 1.36. The molecule has 36 heavy (non-hydrogen) atoms. The van der Waals surface area contributed by atoms with Crippen LogP contribution >= 0.6 is 11.8 Å². The number of rotatable bonds is 6. The van der Waals surface area contributed by atoms with Crippen molar-refractivity contribution in [1.82, 2.24) is 30.6 Å². The van der Waals surface area contributed by atoms with Crippen LogP contribution in [0.15, 0.2) is 84.1 Å². The molecule has 0 saturated carbocycles. The van der Waals surface area contributed by atoms with Gasteiger partial charge in [0.25, 0.3) is 5.91 Å². The number of amides is 2. The van der Waals surface area contributed by atoms with Crippen molar-refractivity contribution < 1.29 is 9.59 Å². The Hall–Kier alpha value is -4.37. The lowest BCUT2D eigenvalue weighted by Crippen LogP contribution is -2.42. The number of hydrogen-bond donors (Lipinski definition) is 3. The standard InChI is InChI=1S/C27H24N6O2S/c1-17-10-12-19(13-11-17)26(35)31-29-24(34)16-36-27-32-30-25(33(27)20-7-5-6-18(2)14-20)22-15-28-23-9-4-3-8-21(22)23/h3-15,28H,16H2,1-2H3,(H,29,34)(H,31,35). The minimum Gasteiger partial charge on any atom is -0.360 e. The second-order valence-electron chi connectivity index (χ2n) is 8.39. The Labute approximate surface area is 212 Å². The number of benzene rings is 3. The fourth-order valence-corrected chi connectivity index (χ4v) is 4.62. The first kappa shape index (κ1) is 23.4. The summed E-state index contributed by atoms with van der Waals surface area (Å²) in [7, 11) is 0. The first-order valence-electron chi connectivity index (χ1n) is 11.4. The number of thioether (sulfide) groups is 1. The summed E-state index contributed by atoms with van der Waals surface area (Å²) in [5, 5.41) is 10.5. The van der Waals surface area contributed by atoms with Crippen LogP contribution in [0.4, 0.5) is 0 Å². The highest BCUT2D eigenvalue weighted by Gasteiger charge is 2.20. The molecule has 0 fully saturated rings. The van der Waals surface area contributed by atoms with E-state index in [1.807, 2.05) is 85.3 Å². The summed E-state index contributed by atoms with van der Waals surface area (Å²) in [5.41, 5.74) is 10.4. The smallest absolute Gasteiger partial charge is 0.269 e. The quantitative estimate of drug-likeness (QED) is 0.236. The molecule has 5 rings (SSSR count). The van der Waals surface area contributed by atoms with Crippen LogP contribution in [0, 0.1) is 13.8 Å². The van der Waals surface area contributed by atoms with Crippen LogP contribution in [-0.2, 0) is 4.79 Å². The molecule has 2 heterocycles. The molecule has 180 valence electrons. The van der Waals surface area contributed by atoms with Gasteiger partial charge in [-0.1, -0.05) is 59.8 Å². The Morgan fingerprint density at radius 2 is 1.72 bits per heavy atom. The van der Waals surface area contributed by atoms with Gasteiger partial charge in [0.2, 0.25) is 5.91 Å². The molecule has 2 aromatic heterocycles. The summed E-state index contributed by atoms with van der Waals surface area (Å²) in [5.74, 6) is -0.00845. The van der Waals surface area contributed by atoms with Crippen LogP contribution in [0.5, 0.6) is 0 Å². The number of carbonyl (C=O) groups excluding carboxylic acids is 2. The molecule has 0 bridgehead atoms. The fourth-order valence-electron chi connectivity index (χ4n) is 3.86. The number of aromatic nitrogens is 4. The van der Waals surface area contributed by atoms with Gasteiger partial charge in [-0.25, -0.2) is 0 Å². The van der Waals surface area contributed by atoms with Crippen molar-refractivity contribution in [1.29, 1.82) is 0 Å². The molecular weight excluding hydrogens is 472 g/mol. The third kappa shape index (κ3) is 4.87. The number of hydrazine groups is 1. The molecular formula is C27H24N6O2S. The fraction of sp³-hybridized carbons (Fsp3) is 0.111. The molecule has 0 spiro atoms. The Morgan fingerprint density at radius 3 is 2.53 bits per heavy atom. The van der Waals surface area contributed by atoms with E-state index in [-0.39, 0.29) is 17.6 Å². The lowest BCUT2D eigenvalue weighted by molar-refractivity contribution is -0.119. The van der Waals surface area contributed by atoms with E-state index in [1.165, 1.54) is 11.8 Å². The van der Waals surface area contributed by atoms with Gasteiger partial charge in [0.15, 0.2) is 11.0 Å². The number of H-pyrrole nitrogens is 1. The molecule has 0 unspecified atom stereocenters. The molecule has 9 heteroatoms. The first-order valence-corrected chi connectivity index (χ1v) is 12.4. The Morgan fingerprint density at radius 1 is 0.917 bits per heavy atom. The van der Waals surface area contributed by atoms with Gasteiger partial charge in [-0.2, -0.15) is 0 Å². The predicted octanol–water partition coefficient (Wildman–Crippen LogP) is 4.59. The number of hydrogen-bond acceptors (Lipinski definition) is 5. The maximum absolute atomic E-state index is 12.5. The van der Waals surface area contributed by atoms with E-state index in [0.29, 0.717) is 16.5 Å². The van der Waals surface area contributed by atoms with E-state index in [9.17, 15) is 9.59 Å². The number of carbonyl (C=O) groups is 2. The Kier molecular flexibility index (Phi) is 6.55. The number of fused-ring (bicyclic) bond motifs is 1. The lowest BCUT2D eigenvalue weighted by atomic mass is 10.1. The first-order chi connectivity index (χ1) is 17.5. The van der Waals surface area contributed by atoms with E-state index in [0.717, 1.165) is 33.3 Å². The predicted molar refractivity (Wildman–Crippen MR) is 141 cm³/mol. The summed E-state index contributed by atoms with van der Waals surface area (Å²) in [6, 6.07) is 23.2. The second kappa shape index (κ2) is 10.1. The summed E-state index contributed by atoms with van der Waals surface area (Å²) in [6.45, 7) is 3.97. The van der Waals surface area contributed by atoms with Gasteiger partial charge in [0, 0.05) is 33.9 Å². The SMILES string of the molecule is Cc1ccc(C(=O)NNC(=O)CSc2nnc(-c3c[nH]c4ccccc34)n2-c2cccc(C)c2)cc1.